The number of rotatable bonds is 4. The zero-order valence-electron chi connectivity index (χ0n) is 10.0. The third kappa shape index (κ3) is 2.84. The second-order valence-corrected chi connectivity index (χ2v) is 5.20. The molecule has 0 atom stereocenters. The molecule has 1 aromatic heterocycles. The Morgan fingerprint density at radius 2 is 1.84 bits per heavy atom. The zero-order chi connectivity index (χ0) is 14.3. The first-order valence-electron chi connectivity index (χ1n) is 5.74. The predicted molar refractivity (Wildman–Crippen MR) is 70.1 cm³/mol. The highest BCUT2D eigenvalue weighted by atomic mass is 35.5. The van der Waals surface area contributed by atoms with Gasteiger partial charge in [-0.3, -0.25) is 0 Å². The van der Waals surface area contributed by atoms with Gasteiger partial charge in [0.1, 0.15) is 17.2 Å². The maximum atomic E-state index is 12.9. The number of aromatic nitrogens is 1. The number of hydrogen-bond donors (Lipinski definition) is 2. The maximum Gasteiger partial charge on any atom is 0.411 e. The fourth-order valence-corrected chi connectivity index (χ4v) is 2.15. The fraction of sp³-hybridized carbons (Fsp3) is 0.545. The molecule has 1 aromatic rings. The van der Waals surface area contributed by atoms with Gasteiger partial charge in [-0.1, -0.05) is 23.2 Å². The van der Waals surface area contributed by atoms with Gasteiger partial charge >= 0.3 is 6.18 Å². The van der Waals surface area contributed by atoms with E-state index in [0.717, 1.165) is 0 Å². The summed E-state index contributed by atoms with van der Waals surface area (Å²) in [5, 5.41) is 5.61. The van der Waals surface area contributed by atoms with E-state index in [9.17, 15) is 13.2 Å². The Morgan fingerprint density at radius 3 is 2.32 bits per heavy atom. The highest BCUT2D eigenvalue weighted by molar-refractivity contribution is 6.37. The Kier molecular flexibility index (Phi) is 3.75. The van der Waals surface area contributed by atoms with Crippen LogP contribution in [0.25, 0.3) is 0 Å². The molecule has 0 spiro atoms. The van der Waals surface area contributed by atoms with Crippen LogP contribution in [-0.2, 0) is 0 Å². The SMILES string of the molecule is CCNc1nc(NC2(C(F)(F)F)CC2)c(Cl)cc1Cl. The lowest BCUT2D eigenvalue weighted by molar-refractivity contribution is -0.151. The topological polar surface area (TPSA) is 37.0 Å². The van der Waals surface area contributed by atoms with E-state index in [4.69, 9.17) is 23.2 Å². The van der Waals surface area contributed by atoms with Gasteiger partial charge in [-0.05, 0) is 25.8 Å². The molecule has 2 N–H and O–H groups in total. The van der Waals surface area contributed by atoms with Gasteiger partial charge in [0.05, 0.1) is 10.0 Å². The Balaban J connectivity index is 2.28. The molecule has 1 heterocycles. The summed E-state index contributed by atoms with van der Waals surface area (Å²) in [4.78, 5) is 4.01. The van der Waals surface area contributed by atoms with Gasteiger partial charge in [0.2, 0.25) is 0 Å². The number of halogens is 5. The van der Waals surface area contributed by atoms with Crippen molar-refractivity contribution in [2.75, 3.05) is 17.2 Å². The number of nitrogens with zero attached hydrogens (tertiary/aromatic N) is 1. The van der Waals surface area contributed by atoms with E-state index in [-0.39, 0.29) is 28.7 Å². The van der Waals surface area contributed by atoms with Crippen LogP contribution in [0.1, 0.15) is 19.8 Å². The molecular formula is C11H12Cl2F3N3. The first-order chi connectivity index (χ1) is 8.79. The Hall–Kier alpha value is -0.880. The summed E-state index contributed by atoms with van der Waals surface area (Å²) in [7, 11) is 0. The van der Waals surface area contributed by atoms with Crippen molar-refractivity contribution < 1.29 is 13.2 Å². The first kappa shape index (κ1) is 14.5. The van der Waals surface area contributed by atoms with Crippen molar-refractivity contribution in [3.8, 4) is 0 Å². The van der Waals surface area contributed by atoms with Crippen LogP contribution in [0.4, 0.5) is 24.8 Å². The number of alkyl halides is 3. The van der Waals surface area contributed by atoms with Crippen LogP contribution in [0.3, 0.4) is 0 Å². The Labute approximate surface area is 118 Å². The van der Waals surface area contributed by atoms with Crippen LogP contribution in [-0.4, -0.2) is 23.2 Å². The molecule has 0 aromatic carbocycles. The predicted octanol–water partition coefficient (Wildman–Crippen LogP) is 4.33. The molecule has 1 aliphatic carbocycles. The average Bonchev–Trinajstić information content (AvgIpc) is 3.05. The zero-order valence-corrected chi connectivity index (χ0v) is 11.5. The Bertz CT molecular complexity index is 487. The van der Waals surface area contributed by atoms with E-state index < -0.39 is 11.7 Å². The molecule has 1 aliphatic rings. The van der Waals surface area contributed by atoms with Gasteiger partial charge in [-0.2, -0.15) is 13.2 Å². The summed E-state index contributed by atoms with van der Waals surface area (Å²) in [5.41, 5.74) is -1.90. The quantitative estimate of drug-likeness (QED) is 0.869. The third-order valence-electron chi connectivity index (χ3n) is 2.92. The molecule has 19 heavy (non-hydrogen) atoms. The van der Waals surface area contributed by atoms with Gasteiger partial charge in [-0.15, -0.1) is 0 Å². The second kappa shape index (κ2) is 4.90. The fourth-order valence-electron chi connectivity index (χ4n) is 1.68. The Morgan fingerprint density at radius 1 is 1.26 bits per heavy atom. The van der Waals surface area contributed by atoms with Crippen molar-refractivity contribution >= 4 is 34.8 Å². The molecule has 0 bridgehead atoms. The summed E-state index contributed by atoms with van der Waals surface area (Å²) in [6.45, 7) is 2.38. The van der Waals surface area contributed by atoms with Crippen molar-refractivity contribution in [1.29, 1.82) is 0 Å². The molecule has 106 valence electrons. The van der Waals surface area contributed by atoms with Crippen molar-refractivity contribution in [3.63, 3.8) is 0 Å². The lowest BCUT2D eigenvalue weighted by atomic mass is 10.2. The molecule has 3 nitrogen and oxygen atoms in total. The van der Waals surface area contributed by atoms with Crippen molar-refractivity contribution in [1.82, 2.24) is 4.98 Å². The summed E-state index contributed by atoms with van der Waals surface area (Å²) in [5.74, 6) is 0.311. The summed E-state index contributed by atoms with van der Waals surface area (Å²) < 4.78 is 38.6. The summed E-state index contributed by atoms with van der Waals surface area (Å²) in [6.07, 6.45) is -4.28. The smallest absolute Gasteiger partial charge is 0.369 e. The van der Waals surface area contributed by atoms with E-state index >= 15 is 0 Å². The van der Waals surface area contributed by atoms with Crippen LogP contribution >= 0.6 is 23.2 Å². The van der Waals surface area contributed by atoms with Gasteiger partial charge in [-0.25, -0.2) is 4.98 Å². The molecule has 0 radical (unpaired) electrons. The molecule has 0 amide bonds. The van der Waals surface area contributed by atoms with Crippen LogP contribution < -0.4 is 10.6 Å². The number of anilines is 2. The van der Waals surface area contributed by atoms with E-state index in [1.807, 2.05) is 6.92 Å². The van der Waals surface area contributed by atoms with E-state index in [2.05, 4.69) is 15.6 Å². The molecule has 1 fully saturated rings. The maximum absolute atomic E-state index is 12.9. The summed E-state index contributed by atoms with van der Waals surface area (Å²) in [6, 6.07) is 1.38. The molecule has 1 saturated carbocycles. The molecule has 0 aliphatic heterocycles. The normalized spacial score (nSPS) is 17.2. The van der Waals surface area contributed by atoms with Gasteiger partial charge in [0.25, 0.3) is 0 Å². The third-order valence-corrected chi connectivity index (χ3v) is 3.50. The molecule has 0 saturated heterocycles. The highest BCUT2D eigenvalue weighted by Gasteiger charge is 2.63. The van der Waals surface area contributed by atoms with Crippen LogP contribution in [0.2, 0.25) is 10.0 Å². The largest absolute Gasteiger partial charge is 0.411 e. The van der Waals surface area contributed by atoms with Crippen LogP contribution in [0.5, 0.6) is 0 Å². The van der Waals surface area contributed by atoms with Gasteiger partial charge in [0.15, 0.2) is 0 Å². The van der Waals surface area contributed by atoms with E-state index in [1.54, 1.807) is 0 Å². The molecule has 8 heteroatoms. The number of nitrogens with one attached hydrogen (secondary N) is 2. The standard InChI is InChI=1S/C11H12Cl2F3N3/c1-2-17-8-6(12)5-7(13)9(18-8)19-10(3-4-10)11(14,15)16/h5H,2-4H2,1H3,(H2,17,18,19). The van der Waals surface area contributed by atoms with Crippen molar-refractivity contribution in [2.24, 2.45) is 0 Å². The minimum atomic E-state index is -4.32. The van der Waals surface area contributed by atoms with E-state index in [1.165, 1.54) is 6.07 Å². The lowest BCUT2D eigenvalue weighted by Crippen LogP contribution is -2.39. The average molecular weight is 314 g/mol. The minimum Gasteiger partial charge on any atom is -0.369 e. The highest BCUT2D eigenvalue weighted by Crippen LogP contribution is 2.51. The van der Waals surface area contributed by atoms with Gasteiger partial charge in [0, 0.05) is 6.54 Å². The lowest BCUT2D eigenvalue weighted by Gasteiger charge is -2.22. The van der Waals surface area contributed by atoms with Crippen molar-refractivity contribution in [3.05, 3.63) is 16.1 Å². The number of pyridine rings is 1. The van der Waals surface area contributed by atoms with Crippen LogP contribution in [0.15, 0.2) is 6.07 Å². The number of hydrogen-bond acceptors (Lipinski definition) is 3. The molecular weight excluding hydrogens is 302 g/mol. The molecule has 2 rings (SSSR count). The van der Waals surface area contributed by atoms with Crippen LogP contribution in [0, 0.1) is 0 Å². The van der Waals surface area contributed by atoms with E-state index in [0.29, 0.717) is 12.4 Å². The van der Waals surface area contributed by atoms with Gasteiger partial charge < -0.3 is 10.6 Å². The summed E-state index contributed by atoms with van der Waals surface area (Å²) >= 11 is 11.8. The second-order valence-electron chi connectivity index (χ2n) is 4.38. The first-order valence-corrected chi connectivity index (χ1v) is 6.49. The molecule has 0 unspecified atom stereocenters. The minimum absolute atomic E-state index is 0.00292. The monoisotopic (exact) mass is 313 g/mol. The van der Waals surface area contributed by atoms with Crippen molar-refractivity contribution in [2.45, 2.75) is 31.5 Å².